The van der Waals surface area contributed by atoms with Crippen molar-refractivity contribution >= 4 is 17.3 Å². The molecule has 0 aliphatic rings. The maximum absolute atomic E-state index is 12.1. The van der Waals surface area contributed by atoms with Gasteiger partial charge in [0.05, 0.1) is 7.11 Å². The molecule has 0 aromatic heterocycles. The van der Waals surface area contributed by atoms with Gasteiger partial charge in [0.15, 0.2) is 0 Å². The largest absolute Gasteiger partial charge is 0.497 e. The minimum absolute atomic E-state index is 0.166. The van der Waals surface area contributed by atoms with E-state index in [4.69, 9.17) is 4.74 Å². The summed E-state index contributed by atoms with van der Waals surface area (Å²) in [5, 5.41) is 6.02. The van der Waals surface area contributed by atoms with Gasteiger partial charge in [-0.3, -0.25) is 4.79 Å². The molecule has 4 heteroatoms. The van der Waals surface area contributed by atoms with Crippen molar-refractivity contribution in [3.63, 3.8) is 0 Å². The lowest BCUT2D eigenvalue weighted by molar-refractivity contribution is 0.102. The summed E-state index contributed by atoms with van der Waals surface area (Å²) in [7, 11) is 1.58. The van der Waals surface area contributed by atoms with Gasteiger partial charge in [0.2, 0.25) is 0 Å². The Balaban J connectivity index is 2.03. The number of carbonyl (C=O) groups excluding carboxylic acids is 1. The first-order valence-corrected chi connectivity index (χ1v) is 6.63. The highest BCUT2D eigenvalue weighted by atomic mass is 16.5. The number of anilines is 2. The number of methoxy groups -OCH3 is 1. The molecule has 0 radical (unpaired) electrons. The van der Waals surface area contributed by atoms with Gasteiger partial charge < -0.3 is 15.4 Å². The standard InChI is InChI=1S/C17H18N2O2/c1-3-11-18-14-7-9-15(10-8-14)19-17(20)13-5-4-6-16(12-13)21-2/h3-10,12,18H,1,11H2,2H3,(H,19,20). The molecule has 2 aromatic rings. The van der Waals surface area contributed by atoms with E-state index >= 15 is 0 Å². The number of hydrogen-bond donors (Lipinski definition) is 2. The second-order valence-electron chi connectivity index (χ2n) is 4.43. The molecule has 1 amide bonds. The molecule has 0 atom stereocenters. The topological polar surface area (TPSA) is 50.4 Å². The maximum atomic E-state index is 12.1. The lowest BCUT2D eigenvalue weighted by Gasteiger charge is -2.08. The molecule has 2 aromatic carbocycles. The van der Waals surface area contributed by atoms with Crippen molar-refractivity contribution in [2.24, 2.45) is 0 Å². The van der Waals surface area contributed by atoms with Crippen LogP contribution >= 0.6 is 0 Å². The van der Waals surface area contributed by atoms with Crippen molar-refractivity contribution in [1.29, 1.82) is 0 Å². The van der Waals surface area contributed by atoms with Crippen molar-refractivity contribution in [1.82, 2.24) is 0 Å². The van der Waals surface area contributed by atoms with Crippen LogP contribution in [0.3, 0.4) is 0 Å². The van der Waals surface area contributed by atoms with E-state index < -0.39 is 0 Å². The lowest BCUT2D eigenvalue weighted by Crippen LogP contribution is -2.11. The normalized spacial score (nSPS) is 9.76. The molecular formula is C17H18N2O2. The SMILES string of the molecule is C=CCNc1ccc(NC(=O)c2cccc(OC)c2)cc1. The number of rotatable bonds is 6. The number of carbonyl (C=O) groups is 1. The Morgan fingerprint density at radius 1 is 1.19 bits per heavy atom. The Labute approximate surface area is 124 Å². The van der Waals surface area contributed by atoms with E-state index in [1.165, 1.54) is 0 Å². The fourth-order valence-electron chi connectivity index (χ4n) is 1.83. The van der Waals surface area contributed by atoms with Gasteiger partial charge in [-0.1, -0.05) is 12.1 Å². The van der Waals surface area contributed by atoms with Crippen molar-refractivity contribution in [3.05, 3.63) is 66.7 Å². The summed E-state index contributed by atoms with van der Waals surface area (Å²) in [5.41, 5.74) is 2.28. The summed E-state index contributed by atoms with van der Waals surface area (Å²) in [6.07, 6.45) is 1.79. The van der Waals surface area contributed by atoms with Gasteiger partial charge in [-0.05, 0) is 42.5 Å². The predicted octanol–water partition coefficient (Wildman–Crippen LogP) is 3.55. The van der Waals surface area contributed by atoms with Gasteiger partial charge >= 0.3 is 0 Å². The summed E-state index contributed by atoms with van der Waals surface area (Å²) in [5.74, 6) is 0.493. The molecule has 21 heavy (non-hydrogen) atoms. The highest BCUT2D eigenvalue weighted by Gasteiger charge is 2.07. The molecule has 0 spiro atoms. The summed E-state index contributed by atoms with van der Waals surface area (Å²) < 4.78 is 5.11. The average molecular weight is 282 g/mol. The molecule has 0 fully saturated rings. The zero-order chi connectivity index (χ0) is 15.1. The van der Waals surface area contributed by atoms with E-state index in [-0.39, 0.29) is 5.91 Å². The number of amides is 1. The third-order valence-corrected chi connectivity index (χ3v) is 2.93. The molecule has 2 N–H and O–H groups in total. The predicted molar refractivity (Wildman–Crippen MR) is 86.1 cm³/mol. The average Bonchev–Trinajstić information content (AvgIpc) is 2.54. The van der Waals surface area contributed by atoms with Gasteiger partial charge in [0.1, 0.15) is 5.75 Å². The Bertz CT molecular complexity index is 621. The van der Waals surface area contributed by atoms with Crippen molar-refractivity contribution in [2.75, 3.05) is 24.3 Å². The molecule has 0 aliphatic carbocycles. The Hall–Kier alpha value is -2.75. The lowest BCUT2D eigenvalue weighted by atomic mass is 10.2. The first-order chi connectivity index (χ1) is 10.2. The Morgan fingerprint density at radius 2 is 1.90 bits per heavy atom. The van der Waals surface area contributed by atoms with E-state index in [0.29, 0.717) is 17.9 Å². The van der Waals surface area contributed by atoms with Crippen molar-refractivity contribution in [3.8, 4) is 5.75 Å². The molecule has 0 bridgehead atoms. The van der Waals surface area contributed by atoms with Gasteiger partial charge in [-0.25, -0.2) is 0 Å². The molecule has 0 saturated heterocycles. The third kappa shape index (κ3) is 4.11. The minimum atomic E-state index is -0.166. The van der Waals surface area contributed by atoms with Crippen LogP contribution in [0, 0.1) is 0 Å². The van der Waals surface area contributed by atoms with Crippen LogP contribution in [0.4, 0.5) is 11.4 Å². The third-order valence-electron chi connectivity index (χ3n) is 2.93. The smallest absolute Gasteiger partial charge is 0.255 e. The van der Waals surface area contributed by atoms with E-state index in [0.717, 1.165) is 11.4 Å². The highest BCUT2D eigenvalue weighted by molar-refractivity contribution is 6.04. The van der Waals surface area contributed by atoms with Crippen LogP contribution in [0.15, 0.2) is 61.2 Å². The van der Waals surface area contributed by atoms with Crippen LogP contribution in [0.2, 0.25) is 0 Å². The van der Waals surface area contributed by atoms with Gasteiger partial charge in [0, 0.05) is 23.5 Å². The summed E-state index contributed by atoms with van der Waals surface area (Å²) in [4.78, 5) is 12.1. The van der Waals surface area contributed by atoms with E-state index in [1.54, 1.807) is 37.5 Å². The number of benzene rings is 2. The quantitative estimate of drug-likeness (QED) is 0.797. The van der Waals surface area contributed by atoms with Gasteiger partial charge in [0.25, 0.3) is 5.91 Å². The highest BCUT2D eigenvalue weighted by Crippen LogP contribution is 2.16. The summed E-state index contributed by atoms with van der Waals surface area (Å²) in [6, 6.07) is 14.6. The summed E-state index contributed by atoms with van der Waals surface area (Å²) >= 11 is 0. The molecule has 0 heterocycles. The monoisotopic (exact) mass is 282 g/mol. The second-order valence-corrected chi connectivity index (χ2v) is 4.43. The minimum Gasteiger partial charge on any atom is -0.497 e. The molecule has 0 aliphatic heterocycles. The molecule has 0 saturated carbocycles. The van der Waals surface area contributed by atoms with Crippen LogP contribution in [0.1, 0.15) is 10.4 Å². The van der Waals surface area contributed by atoms with Crippen molar-refractivity contribution in [2.45, 2.75) is 0 Å². The first-order valence-electron chi connectivity index (χ1n) is 6.63. The van der Waals surface area contributed by atoms with E-state index in [1.807, 2.05) is 24.3 Å². The molecule has 2 rings (SSSR count). The Morgan fingerprint density at radius 3 is 2.57 bits per heavy atom. The van der Waals surface area contributed by atoms with E-state index in [9.17, 15) is 4.79 Å². The first kappa shape index (κ1) is 14.7. The second kappa shape index (κ2) is 7.14. The van der Waals surface area contributed by atoms with Gasteiger partial charge in [-0.15, -0.1) is 6.58 Å². The van der Waals surface area contributed by atoms with Crippen LogP contribution in [0.25, 0.3) is 0 Å². The molecule has 4 nitrogen and oxygen atoms in total. The fraction of sp³-hybridized carbons (Fsp3) is 0.118. The van der Waals surface area contributed by atoms with Crippen LogP contribution < -0.4 is 15.4 Å². The van der Waals surface area contributed by atoms with Crippen LogP contribution in [0.5, 0.6) is 5.75 Å². The number of hydrogen-bond acceptors (Lipinski definition) is 3. The Kier molecular flexibility index (Phi) is 4.99. The zero-order valence-electron chi connectivity index (χ0n) is 11.9. The van der Waals surface area contributed by atoms with Crippen LogP contribution in [-0.2, 0) is 0 Å². The molecule has 0 unspecified atom stereocenters. The molecule has 108 valence electrons. The van der Waals surface area contributed by atoms with Crippen molar-refractivity contribution < 1.29 is 9.53 Å². The fourth-order valence-corrected chi connectivity index (χ4v) is 1.83. The van der Waals surface area contributed by atoms with Gasteiger partial charge in [-0.2, -0.15) is 0 Å². The number of ether oxygens (including phenoxy) is 1. The molecular weight excluding hydrogens is 264 g/mol. The number of nitrogens with one attached hydrogen (secondary N) is 2. The zero-order valence-corrected chi connectivity index (χ0v) is 11.9. The van der Waals surface area contributed by atoms with E-state index in [2.05, 4.69) is 17.2 Å². The maximum Gasteiger partial charge on any atom is 0.255 e. The summed E-state index contributed by atoms with van der Waals surface area (Å²) in [6.45, 7) is 4.35. The van der Waals surface area contributed by atoms with Crippen LogP contribution in [-0.4, -0.2) is 19.6 Å².